The SMILES string of the molecule is C[Si](C)(C)O[C@@H](CN)c1ccc(CCl)cc1. The van der Waals surface area contributed by atoms with E-state index in [2.05, 4.69) is 31.8 Å². The molecule has 0 saturated heterocycles. The van der Waals surface area contributed by atoms with Gasteiger partial charge in [-0.15, -0.1) is 11.6 Å². The minimum Gasteiger partial charge on any atom is -0.409 e. The van der Waals surface area contributed by atoms with Crippen LogP contribution in [0.2, 0.25) is 19.6 Å². The van der Waals surface area contributed by atoms with Crippen LogP contribution < -0.4 is 5.73 Å². The summed E-state index contributed by atoms with van der Waals surface area (Å²) in [7, 11) is -1.55. The zero-order valence-electron chi connectivity index (χ0n) is 10.2. The molecule has 1 aromatic carbocycles. The third kappa shape index (κ3) is 4.26. The van der Waals surface area contributed by atoms with Gasteiger partial charge >= 0.3 is 0 Å². The van der Waals surface area contributed by atoms with Crippen molar-refractivity contribution in [1.82, 2.24) is 0 Å². The molecule has 0 amide bonds. The molecule has 0 radical (unpaired) electrons. The molecule has 2 nitrogen and oxygen atoms in total. The third-order valence-electron chi connectivity index (χ3n) is 2.22. The van der Waals surface area contributed by atoms with Crippen molar-refractivity contribution in [3.8, 4) is 0 Å². The summed E-state index contributed by atoms with van der Waals surface area (Å²) in [5, 5.41) is 0. The van der Waals surface area contributed by atoms with Gasteiger partial charge in [0, 0.05) is 12.4 Å². The Bertz CT molecular complexity index is 321. The molecule has 90 valence electrons. The Morgan fingerprint density at radius 3 is 2.19 bits per heavy atom. The maximum absolute atomic E-state index is 6.03. The van der Waals surface area contributed by atoms with Gasteiger partial charge in [0.2, 0.25) is 0 Å². The standard InChI is InChI=1S/C12H20ClNOSi/c1-16(2,3)15-12(9-14)11-6-4-10(8-13)5-7-11/h4-7,12H,8-9,14H2,1-3H3/t12-/m0/s1. The molecule has 0 fully saturated rings. The molecule has 0 aliphatic rings. The maximum atomic E-state index is 6.03. The Morgan fingerprint density at radius 1 is 1.25 bits per heavy atom. The lowest BCUT2D eigenvalue weighted by Gasteiger charge is -2.25. The topological polar surface area (TPSA) is 35.2 Å². The molecule has 1 aromatic rings. The molecule has 0 heterocycles. The zero-order valence-corrected chi connectivity index (χ0v) is 11.9. The summed E-state index contributed by atoms with van der Waals surface area (Å²) in [4.78, 5) is 0. The molecule has 0 spiro atoms. The van der Waals surface area contributed by atoms with Crippen LogP contribution in [0.4, 0.5) is 0 Å². The molecule has 1 atom stereocenters. The first-order valence-corrected chi connectivity index (χ1v) is 9.43. The Hall–Kier alpha value is -0.353. The molecular weight excluding hydrogens is 238 g/mol. The van der Waals surface area contributed by atoms with Gasteiger partial charge in [-0.3, -0.25) is 0 Å². The molecule has 16 heavy (non-hydrogen) atoms. The van der Waals surface area contributed by atoms with Gasteiger partial charge in [-0.25, -0.2) is 0 Å². The average Bonchev–Trinajstić information content (AvgIpc) is 2.25. The summed E-state index contributed by atoms with van der Waals surface area (Å²) in [5.74, 6) is 0.544. The predicted octanol–water partition coefficient (Wildman–Crippen LogP) is 3.28. The molecule has 0 aliphatic carbocycles. The first-order valence-electron chi connectivity index (χ1n) is 5.49. The summed E-state index contributed by atoms with van der Waals surface area (Å²) in [6, 6.07) is 8.15. The van der Waals surface area contributed by atoms with Gasteiger partial charge in [-0.1, -0.05) is 24.3 Å². The molecule has 0 bridgehead atoms. The quantitative estimate of drug-likeness (QED) is 0.649. The van der Waals surface area contributed by atoms with Gasteiger partial charge in [-0.05, 0) is 30.8 Å². The maximum Gasteiger partial charge on any atom is 0.184 e. The van der Waals surface area contributed by atoms with Crippen molar-refractivity contribution in [3.63, 3.8) is 0 Å². The van der Waals surface area contributed by atoms with Crippen molar-refractivity contribution in [2.75, 3.05) is 6.54 Å². The number of alkyl halides is 1. The molecule has 4 heteroatoms. The van der Waals surface area contributed by atoms with E-state index in [4.69, 9.17) is 21.8 Å². The summed E-state index contributed by atoms with van der Waals surface area (Å²) in [6.07, 6.45) is 0.0102. The second kappa shape index (κ2) is 5.82. The Morgan fingerprint density at radius 2 is 1.81 bits per heavy atom. The van der Waals surface area contributed by atoms with E-state index in [-0.39, 0.29) is 6.10 Å². The van der Waals surface area contributed by atoms with E-state index in [1.54, 1.807) is 0 Å². The summed E-state index contributed by atoms with van der Waals surface area (Å²) in [5.41, 5.74) is 8.01. The fraction of sp³-hybridized carbons (Fsp3) is 0.500. The lowest BCUT2D eigenvalue weighted by molar-refractivity contribution is 0.206. The third-order valence-corrected chi connectivity index (χ3v) is 3.52. The van der Waals surface area contributed by atoms with Gasteiger partial charge in [0.1, 0.15) is 0 Å². The summed E-state index contributed by atoms with van der Waals surface area (Å²) < 4.78 is 6.03. The van der Waals surface area contributed by atoms with Crippen LogP contribution in [0.3, 0.4) is 0 Å². The average molecular weight is 258 g/mol. The minimum absolute atomic E-state index is 0.0102. The Kier molecular flexibility index (Phi) is 4.99. The lowest BCUT2D eigenvalue weighted by Crippen LogP contribution is -2.31. The van der Waals surface area contributed by atoms with Crippen molar-refractivity contribution in [3.05, 3.63) is 35.4 Å². The fourth-order valence-electron chi connectivity index (χ4n) is 1.50. The molecular formula is C12H20ClNOSi. The highest BCUT2D eigenvalue weighted by molar-refractivity contribution is 6.69. The van der Waals surface area contributed by atoms with Gasteiger partial charge in [-0.2, -0.15) is 0 Å². The minimum atomic E-state index is -1.55. The molecule has 2 N–H and O–H groups in total. The van der Waals surface area contributed by atoms with Gasteiger partial charge in [0.05, 0.1) is 6.10 Å². The van der Waals surface area contributed by atoms with Crippen molar-refractivity contribution in [2.45, 2.75) is 31.6 Å². The highest BCUT2D eigenvalue weighted by Crippen LogP contribution is 2.22. The Balaban J connectivity index is 2.79. The predicted molar refractivity (Wildman–Crippen MR) is 72.2 cm³/mol. The van der Waals surface area contributed by atoms with Gasteiger partial charge in [0.15, 0.2) is 8.32 Å². The van der Waals surface area contributed by atoms with Crippen LogP contribution in [0.1, 0.15) is 17.2 Å². The number of hydrogen-bond donors (Lipinski definition) is 1. The highest BCUT2D eigenvalue weighted by Gasteiger charge is 2.21. The fourth-order valence-corrected chi connectivity index (χ4v) is 2.76. The van der Waals surface area contributed by atoms with Crippen LogP contribution in [0.5, 0.6) is 0 Å². The van der Waals surface area contributed by atoms with Crippen molar-refractivity contribution < 1.29 is 4.43 Å². The number of rotatable bonds is 5. The number of halogens is 1. The lowest BCUT2D eigenvalue weighted by atomic mass is 10.1. The van der Waals surface area contributed by atoms with E-state index in [1.807, 2.05) is 12.1 Å². The van der Waals surface area contributed by atoms with Crippen LogP contribution >= 0.6 is 11.6 Å². The number of benzene rings is 1. The van der Waals surface area contributed by atoms with E-state index in [1.165, 1.54) is 0 Å². The zero-order chi connectivity index (χ0) is 12.2. The van der Waals surface area contributed by atoms with E-state index in [9.17, 15) is 0 Å². The van der Waals surface area contributed by atoms with E-state index < -0.39 is 8.32 Å². The smallest absolute Gasteiger partial charge is 0.184 e. The normalized spacial score (nSPS) is 13.8. The van der Waals surface area contributed by atoms with Crippen LogP contribution in [-0.4, -0.2) is 14.9 Å². The molecule has 0 aromatic heterocycles. The first-order chi connectivity index (χ1) is 7.46. The van der Waals surface area contributed by atoms with Crippen LogP contribution in [0.15, 0.2) is 24.3 Å². The largest absolute Gasteiger partial charge is 0.409 e. The van der Waals surface area contributed by atoms with Crippen molar-refractivity contribution in [2.24, 2.45) is 5.73 Å². The van der Waals surface area contributed by atoms with Crippen LogP contribution in [0.25, 0.3) is 0 Å². The van der Waals surface area contributed by atoms with E-state index in [0.29, 0.717) is 12.4 Å². The first kappa shape index (κ1) is 13.7. The molecule has 0 aliphatic heterocycles. The molecule has 1 rings (SSSR count). The second-order valence-electron chi connectivity index (χ2n) is 4.83. The van der Waals surface area contributed by atoms with Crippen molar-refractivity contribution >= 4 is 19.9 Å². The van der Waals surface area contributed by atoms with Gasteiger partial charge < -0.3 is 10.2 Å². The number of nitrogens with two attached hydrogens (primary N) is 1. The number of hydrogen-bond acceptors (Lipinski definition) is 2. The second-order valence-corrected chi connectivity index (χ2v) is 9.56. The van der Waals surface area contributed by atoms with Gasteiger partial charge in [0.25, 0.3) is 0 Å². The van der Waals surface area contributed by atoms with E-state index >= 15 is 0 Å². The Labute approximate surface area is 104 Å². The van der Waals surface area contributed by atoms with Crippen LogP contribution in [-0.2, 0) is 10.3 Å². The van der Waals surface area contributed by atoms with E-state index in [0.717, 1.165) is 11.1 Å². The molecule has 0 saturated carbocycles. The van der Waals surface area contributed by atoms with Crippen LogP contribution in [0, 0.1) is 0 Å². The molecule has 0 unspecified atom stereocenters. The van der Waals surface area contributed by atoms with Crippen molar-refractivity contribution in [1.29, 1.82) is 0 Å². The summed E-state index contributed by atoms with van der Waals surface area (Å²) in [6.45, 7) is 7.03. The summed E-state index contributed by atoms with van der Waals surface area (Å²) >= 11 is 5.75. The monoisotopic (exact) mass is 257 g/mol. The highest BCUT2D eigenvalue weighted by atomic mass is 35.5.